The highest BCUT2D eigenvalue weighted by atomic mass is 32.1. The van der Waals surface area contributed by atoms with E-state index in [-0.39, 0.29) is 11.4 Å². The van der Waals surface area contributed by atoms with Crippen molar-refractivity contribution in [2.24, 2.45) is 0 Å². The molecule has 0 spiro atoms. The molecule has 6 heteroatoms. The molecule has 2 aromatic carbocycles. The second kappa shape index (κ2) is 5.96. The van der Waals surface area contributed by atoms with Crippen LogP contribution in [0.5, 0.6) is 0 Å². The summed E-state index contributed by atoms with van der Waals surface area (Å²) in [7, 11) is 0. The summed E-state index contributed by atoms with van der Waals surface area (Å²) in [6.07, 6.45) is 0. The fourth-order valence-electron chi connectivity index (χ4n) is 2.21. The SMILES string of the molecule is CC(C)(C)c1ccc(NC(=O)Nc2ccc3nsnc3c2)cc1. The van der Waals surface area contributed by atoms with E-state index in [0.717, 1.165) is 28.4 Å². The van der Waals surface area contributed by atoms with Gasteiger partial charge in [0.05, 0.1) is 11.7 Å². The zero-order valence-corrected chi connectivity index (χ0v) is 14.1. The van der Waals surface area contributed by atoms with Crippen molar-refractivity contribution in [1.29, 1.82) is 0 Å². The molecular weight excluding hydrogens is 308 g/mol. The van der Waals surface area contributed by atoms with Gasteiger partial charge >= 0.3 is 6.03 Å². The van der Waals surface area contributed by atoms with Crippen LogP contribution in [0, 0.1) is 0 Å². The number of hydrogen-bond acceptors (Lipinski definition) is 4. The quantitative estimate of drug-likeness (QED) is 0.721. The Bertz CT molecular complexity index is 834. The van der Waals surface area contributed by atoms with Crippen LogP contribution in [0.2, 0.25) is 0 Å². The molecule has 1 heterocycles. The number of urea groups is 1. The predicted molar refractivity (Wildman–Crippen MR) is 95.2 cm³/mol. The van der Waals surface area contributed by atoms with Crippen LogP contribution in [-0.2, 0) is 5.41 Å². The number of aromatic nitrogens is 2. The van der Waals surface area contributed by atoms with Gasteiger partial charge in [-0.05, 0) is 41.3 Å². The lowest BCUT2D eigenvalue weighted by molar-refractivity contribution is 0.262. The van der Waals surface area contributed by atoms with Crippen LogP contribution in [0.3, 0.4) is 0 Å². The van der Waals surface area contributed by atoms with Crippen molar-refractivity contribution in [2.45, 2.75) is 26.2 Å². The molecule has 2 N–H and O–H groups in total. The summed E-state index contributed by atoms with van der Waals surface area (Å²) in [5, 5.41) is 5.63. The van der Waals surface area contributed by atoms with Crippen LogP contribution < -0.4 is 10.6 Å². The summed E-state index contributed by atoms with van der Waals surface area (Å²) >= 11 is 1.16. The summed E-state index contributed by atoms with van der Waals surface area (Å²) in [4.78, 5) is 12.1. The smallest absolute Gasteiger partial charge is 0.308 e. The molecule has 0 atom stereocenters. The van der Waals surface area contributed by atoms with Crippen molar-refractivity contribution in [3.63, 3.8) is 0 Å². The summed E-state index contributed by atoms with van der Waals surface area (Å²) in [5.74, 6) is 0. The van der Waals surface area contributed by atoms with Crippen molar-refractivity contribution < 1.29 is 4.79 Å². The fraction of sp³-hybridized carbons (Fsp3) is 0.235. The third-order valence-corrected chi connectivity index (χ3v) is 4.08. The second-order valence-electron chi connectivity index (χ2n) is 6.37. The maximum absolute atomic E-state index is 12.1. The Kier molecular flexibility index (Phi) is 4.00. The van der Waals surface area contributed by atoms with Gasteiger partial charge in [0.15, 0.2) is 0 Å². The van der Waals surface area contributed by atoms with Gasteiger partial charge in [0.1, 0.15) is 11.0 Å². The van der Waals surface area contributed by atoms with E-state index in [1.54, 1.807) is 6.07 Å². The van der Waals surface area contributed by atoms with Gasteiger partial charge in [0, 0.05) is 11.4 Å². The van der Waals surface area contributed by atoms with E-state index in [1.165, 1.54) is 5.56 Å². The van der Waals surface area contributed by atoms with E-state index in [0.29, 0.717) is 5.69 Å². The van der Waals surface area contributed by atoms with E-state index < -0.39 is 0 Å². The van der Waals surface area contributed by atoms with Crippen molar-refractivity contribution in [3.8, 4) is 0 Å². The Hall–Kier alpha value is -2.47. The minimum Gasteiger partial charge on any atom is -0.308 e. The Balaban J connectivity index is 1.66. The average Bonchev–Trinajstić information content (AvgIpc) is 2.94. The van der Waals surface area contributed by atoms with Gasteiger partial charge in [-0.1, -0.05) is 32.9 Å². The minimum absolute atomic E-state index is 0.0950. The van der Waals surface area contributed by atoms with Crippen LogP contribution in [0.1, 0.15) is 26.3 Å². The molecule has 0 aliphatic rings. The molecule has 5 nitrogen and oxygen atoms in total. The molecule has 0 aliphatic carbocycles. The van der Waals surface area contributed by atoms with Gasteiger partial charge in [-0.25, -0.2) is 4.79 Å². The first kappa shape index (κ1) is 15.4. The van der Waals surface area contributed by atoms with Crippen molar-refractivity contribution >= 4 is 40.2 Å². The summed E-state index contributed by atoms with van der Waals surface area (Å²) in [5.41, 5.74) is 4.38. The van der Waals surface area contributed by atoms with E-state index in [2.05, 4.69) is 40.2 Å². The average molecular weight is 326 g/mol. The van der Waals surface area contributed by atoms with Crippen LogP contribution in [0.25, 0.3) is 11.0 Å². The normalized spacial score (nSPS) is 11.4. The van der Waals surface area contributed by atoms with Crippen LogP contribution in [0.15, 0.2) is 42.5 Å². The van der Waals surface area contributed by atoms with Crippen LogP contribution in [0.4, 0.5) is 16.2 Å². The molecule has 0 unspecified atom stereocenters. The number of amides is 2. The molecule has 1 aromatic heterocycles. The highest BCUT2D eigenvalue weighted by Crippen LogP contribution is 2.23. The molecule has 0 saturated carbocycles. The summed E-state index contributed by atoms with van der Waals surface area (Å²) < 4.78 is 8.30. The fourth-order valence-corrected chi connectivity index (χ4v) is 2.72. The predicted octanol–water partition coefficient (Wildman–Crippen LogP) is 4.63. The highest BCUT2D eigenvalue weighted by molar-refractivity contribution is 7.00. The summed E-state index contributed by atoms with van der Waals surface area (Å²) in [6, 6.07) is 13.1. The lowest BCUT2D eigenvalue weighted by atomic mass is 9.87. The first-order valence-electron chi connectivity index (χ1n) is 7.33. The van der Waals surface area contributed by atoms with E-state index in [4.69, 9.17) is 0 Å². The van der Waals surface area contributed by atoms with Gasteiger partial charge in [-0.3, -0.25) is 0 Å². The number of nitrogens with one attached hydrogen (secondary N) is 2. The maximum atomic E-state index is 12.1. The largest absolute Gasteiger partial charge is 0.323 e. The first-order valence-corrected chi connectivity index (χ1v) is 8.06. The Morgan fingerprint density at radius 1 is 0.913 bits per heavy atom. The number of fused-ring (bicyclic) bond motifs is 1. The Labute approximate surface area is 139 Å². The number of anilines is 2. The monoisotopic (exact) mass is 326 g/mol. The van der Waals surface area contributed by atoms with E-state index in [1.807, 2.05) is 36.4 Å². The number of rotatable bonds is 2. The zero-order chi connectivity index (χ0) is 16.4. The van der Waals surface area contributed by atoms with E-state index >= 15 is 0 Å². The molecule has 118 valence electrons. The van der Waals surface area contributed by atoms with Crippen LogP contribution in [-0.4, -0.2) is 14.8 Å². The topological polar surface area (TPSA) is 66.9 Å². The lowest BCUT2D eigenvalue weighted by Gasteiger charge is -2.19. The second-order valence-corrected chi connectivity index (χ2v) is 6.90. The molecule has 0 aliphatic heterocycles. The Morgan fingerprint density at radius 2 is 1.52 bits per heavy atom. The molecule has 0 saturated heterocycles. The molecule has 23 heavy (non-hydrogen) atoms. The van der Waals surface area contributed by atoms with Gasteiger partial charge in [0.2, 0.25) is 0 Å². The van der Waals surface area contributed by atoms with Gasteiger partial charge in [-0.15, -0.1) is 0 Å². The van der Waals surface area contributed by atoms with Crippen molar-refractivity contribution in [1.82, 2.24) is 8.75 Å². The highest BCUT2D eigenvalue weighted by Gasteiger charge is 2.13. The first-order chi connectivity index (χ1) is 10.9. The Morgan fingerprint density at radius 3 is 2.22 bits per heavy atom. The van der Waals surface area contributed by atoms with Gasteiger partial charge in [-0.2, -0.15) is 8.75 Å². The lowest BCUT2D eigenvalue weighted by Crippen LogP contribution is -2.19. The minimum atomic E-state index is -0.281. The van der Waals surface area contributed by atoms with Gasteiger partial charge < -0.3 is 10.6 Å². The molecular formula is C17H18N4OS. The van der Waals surface area contributed by atoms with Crippen molar-refractivity contribution in [2.75, 3.05) is 10.6 Å². The number of hydrogen-bond donors (Lipinski definition) is 2. The van der Waals surface area contributed by atoms with E-state index in [9.17, 15) is 4.79 Å². The molecule has 0 radical (unpaired) electrons. The molecule has 0 fully saturated rings. The molecule has 0 bridgehead atoms. The molecule has 3 rings (SSSR count). The number of nitrogens with zero attached hydrogens (tertiary/aromatic N) is 2. The maximum Gasteiger partial charge on any atom is 0.323 e. The van der Waals surface area contributed by atoms with Crippen molar-refractivity contribution in [3.05, 3.63) is 48.0 Å². The third-order valence-electron chi connectivity index (χ3n) is 3.52. The van der Waals surface area contributed by atoms with Gasteiger partial charge in [0.25, 0.3) is 0 Å². The van der Waals surface area contributed by atoms with Crippen LogP contribution >= 0.6 is 11.7 Å². The number of carbonyl (C=O) groups excluding carboxylic acids is 1. The third kappa shape index (κ3) is 3.65. The molecule has 3 aromatic rings. The summed E-state index contributed by atoms with van der Waals surface area (Å²) in [6.45, 7) is 6.48. The standard InChI is InChI=1S/C17H18N4OS/c1-17(2,3)11-4-6-12(7-5-11)18-16(22)19-13-8-9-14-15(10-13)21-23-20-14/h4-10H,1-3H3,(H2,18,19,22). The molecule has 2 amide bonds. The zero-order valence-electron chi connectivity index (χ0n) is 13.3. The number of carbonyl (C=O) groups is 1. The number of benzene rings is 2.